The van der Waals surface area contributed by atoms with Crippen LogP contribution in [-0.4, -0.2) is 29.0 Å². The minimum atomic E-state index is -3.91. The highest BCUT2D eigenvalue weighted by molar-refractivity contribution is 7.89. The second-order valence-electron chi connectivity index (χ2n) is 6.57. The standard InChI is InChI=1S/C20H21FN4O4S/c1-4-25-19(22-23-20(25)29-17-10-8-16(21)9-11-17)13(2)24-30(27,28)18-7-5-6-15(12-18)14(3)26/h5-13,24H,4H2,1-3H3/t13-/m1/s1. The zero-order chi connectivity index (χ0) is 21.9. The Balaban J connectivity index is 1.83. The van der Waals surface area contributed by atoms with Gasteiger partial charge in [0.05, 0.1) is 10.9 Å². The number of sulfonamides is 1. The van der Waals surface area contributed by atoms with Crippen molar-refractivity contribution in [1.29, 1.82) is 0 Å². The first-order valence-electron chi connectivity index (χ1n) is 9.21. The lowest BCUT2D eigenvalue weighted by Gasteiger charge is -2.15. The Kier molecular flexibility index (Phi) is 6.28. The lowest BCUT2D eigenvalue weighted by atomic mass is 10.2. The van der Waals surface area contributed by atoms with E-state index in [1.54, 1.807) is 17.6 Å². The topological polar surface area (TPSA) is 103 Å². The lowest BCUT2D eigenvalue weighted by molar-refractivity contribution is 0.101. The summed E-state index contributed by atoms with van der Waals surface area (Å²) in [5.41, 5.74) is 0.303. The van der Waals surface area contributed by atoms with E-state index in [4.69, 9.17) is 4.74 Å². The number of carbonyl (C=O) groups is 1. The van der Waals surface area contributed by atoms with Gasteiger partial charge in [-0.05, 0) is 57.2 Å². The van der Waals surface area contributed by atoms with Crippen LogP contribution < -0.4 is 9.46 Å². The Morgan fingerprint density at radius 2 is 1.90 bits per heavy atom. The van der Waals surface area contributed by atoms with Crippen LogP contribution in [0.25, 0.3) is 0 Å². The highest BCUT2D eigenvalue weighted by atomic mass is 32.2. The summed E-state index contributed by atoms with van der Waals surface area (Å²) in [4.78, 5) is 11.5. The molecule has 0 aliphatic carbocycles. The first kappa shape index (κ1) is 21.6. The number of ketones is 1. The number of benzene rings is 2. The van der Waals surface area contributed by atoms with E-state index in [0.717, 1.165) is 0 Å². The van der Waals surface area contributed by atoms with Crippen LogP contribution in [0.2, 0.25) is 0 Å². The van der Waals surface area contributed by atoms with Crippen LogP contribution in [0, 0.1) is 5.82 Å². The first-order chi connectivity index (χ1) is 14.2. The summed E-state index contributed by atoms with van der Waals surface area (Å²) in [7, 11) is -3.91. The average Bonchev–Trinajstić information content (AvgIpc) is 3.12. The SMILES string of the molecule is CCn1c(Oc2ccc(F)cc2)nnc1[C@@H](C)NS(=O)(=O)c1cccc(C(C)=O)c1. The molecule has 1 N–H and O–H groups in total. The Bertz CT molecular complexity index is 1160. The van der Waals surface area contributed by atoms with E-state index in [2.05, 4.69) is 14.9 Å². The normalized spacial score (nSPS) is 12.5. The van der Waals surface area contributed by atoms with Gasteiger partial charge in [0.15, 0.2) is 11.6 Å². The molecule has 0 unspecified atom stereocenters. The largest absolute Gasteiger partial charge is 0.424 e. The lowest BCUT2D eigenvalue weighted by Crippen LogP contribution is -2.29. The molecule has 0 spiro atoms. The molecule has 2 aromatic carbocycles. The average molecular weight is 432 g/mol. The number of hydrogen-bond donors (Lipinski definition) is 1. The second-order valence-corrected chi connectivity index (χ2v) is 8.28. The summed E-state index contributed by atoms with van der Waals surface area (Å²) < 4.78 is 48.4. The summed E-state index contributed by atoms with van der Waals surface area (Å²) in [6.45, 7) is 5.26. The van der Waals surface area contributed by atoms with Gasteiger partial charge in [-0.25, -0.2) is 17.5 Å². The quantitative estimate of drug-likeness (QED) is 0.547. The molecule has 1 heterocycles. The van der Waals surface area contributed by atoms with Gasteiger partial charge in [-0.15, -0.1) is 5.10 Å². The Hall–Kier alpha value is -3.11. The van der Waals surface area contributed by atoms with Crippen molar-refractivity contribution < 1.29 is 22.3 Å². The minimum Gasteiger partial charge on any atom is -0.424 e. The summed E-state index contributed by atoms with van der Waals surface area (Å²) in [5, 5.41) is 8.04. The number of hydrogen-bond acceptors (Lipinski definition) is 6. The van der Waals surface area contributed by atoms with E-state index in [-0.39, 0.29) is 16.7 Å². The maximum atomic E-state index is 13.1. The Labute approximate surface area is 173 Å². The van der Waals surface area contributed by atoms with Gasteiger partial charge in [0.1, 0.15) is 11.6 Å². The number of aromatic nitrogens is 3. The second kappa shape index (κ2) is 8.72. The third kappa shape index (κ3) is 4.71. The van der Waals surface area contributed by atoms with Gasteiger partial charge in [-0.1, -0.05) is 17.2 Å². The zero-order valence-electron chi connectivity index (χ0n) is 16.7. The Morgan fingerprint density at radius 1 is 1.20 bits per heavy atom. The van der Waals surface area contributed by atoms with Gasteiger partial charge >= 0.3 is 6.01 Å². The van der Waals surface area contributed by atoms with Crippen LogP contribution in [0.1, 0.15) is 43.0 Å². The number of carbonyl (C=O) groups excluding carboxylic acids is 1. The van der Waals surface area contributed by atoms with Crippen molar-refractivity contribution in [2.45, 2.75) is 38.3 Å². The number of rotatable bonds is 8. The molecule has 10 heteroatoms. The molecule has 0 aliphatic heterocycles. The number of halogens is 1. The van der Waals surface area contributed by atoms with Crippen molar-refractivity contribution in [3.63, 3.8) is 0 Å². The molecule has 0 saturated heterocycles. The van der Waals surface area contributed by atoms with Crippen LogP contribution in [0.4, 0.5) is 4.39 Å². The van der Waals surface area contributed by atoms with Crippen LogP contribution >= 0.6 is 0 Å². The molecule has 0 bridgehead atoms. The summed E-state index contributed by atoms with van der Waals surface area (Å²) in [5.74, 6) is 0.102. The fourth-order valence-corrected chi connectivity index (χ4v) is 4.08. The molecule has 0 radical (unpaired) electrons. The predicted molar refractivity (Wildman–Crippen MR) is 107 cm³/mol. The van der Waals surface area contributed by atoms with Gasteiger partial charge in [0.2, 0.25) is 10.0 Å². The number of nitrogens with one attached hydrogen (secondary N) is 1. The molecule has 8 nitrogen and oxygen atoms in total. The minimum absolute atomic E-state index is 0.0209. The first-order valence-corrected chi connectivity index (χ1v) is 10.7. The van der Waals surface area contributed by atoms with Crippen LogP contribution in [-0.2, 0) is 16.6 Å². The van der Waals surface area contributed by atoms with Gasteiger partial charge < -0.3 is 4.74 Å². The molecule has 0 fully saturated rings. The maximum absolute atomic E-state index is 13.1. The van der Waals surface area contributed by atoms with E-state index >= 15 is 0 Å². The third-order valence-corrected chi connectivity index (χ3v) is 5.89. The maximum Gasteiger partial charge on any atom is 0.322 e. The van der Waals surface area contributed by atoms with Gasteiger partial charge in [0.25, 0.3) is 0 Å². The van der Waals surface area contributed by atoms with Crippen molar-refractivity contribution in [1.82, 2.24) is 19.5 Å². The van der Waals surface area contributed by atoms with Crippen molar-refractivity contribution in [2.24, 2.45) is 0 Å². The molecular weight excluding hydrogens is 411 g/mol. The van der Waals surface area contributed by atoms with Crippen LogP contribution in [0.5, 0.6) is 11.8 Å². The van der Waals surface area contributed by atoms with E-state index in [0.29, 0.717) is 23.7 Å². The summed E-state index contributed by atoms with van der Waals surface area (Å²) >= 11 is 0. The molecule has 158 valence electrons. The van der Waals surface area contributed by atoms with Crippen molar-refractivity contribution in [2.75, 3.05) is 0 Å². The van der Waals surface area contributed by atoms with Crippen LogP contribution in [0.15, 0.2) is 53.4 Å². The molecule has 0 aliphatic rings. The predicted octanol–water partition coefficient (Wildman–Crippen LogP) is 3.47. The molecule has 0 amide bonds. The van der Waals surface area contributed by atoms with Gasteiger partial charge in [0, 0.05) is 12.1 Å². The van der Waals surface area contributed by atoms with Crippen molar-refractivity contribution in [3.05, 3.63) is 65.7 Å². The van der Waals surface area contributed by atoms with Crippen molar-refractivity contribution in [3.8, 4) is 11.8 Å². The highest BCUT2D eigenvalue weighted by Crippen LogP contribution is 2.24. The van der Waals surface area contributed by atoms with E-state index in [1.807, 2.05) is 6.92 Å². The Morgan fingerprint density at radius 3 is 2.53 bits per heavy atom. The summed E-state index contributed by atoms with van der Waals surface area (Å²) in [6.07, 6.45) is 0. The van der Waals surface area contributed by atoms with Gasteiger partial charge in [-0.2, -0.15) is 0 Å². The smallest absolute Gasteiger partial charge is 0.322 e. The molecule has 3 aromatic rings. The number of Topliss-reactive ketones (excluding diaryl/α,β-unsaturated/α-hetero) is 1. The fourth-order valence-electron chi connectivity index (χ4n) is 2.84. The molecule has 1 aromatic heterocycles. The summed E-state index contributed by atoms with van der Waals surface area (Å²) in [6, 6.07) is 10.7. The van der Waals surface area contributed by atoms with Crippen molar-refractivity contribution >= 4 is 15.8 Å². The number of ether oxygens (including phenoxy) is 1. The van der Waals surface area contributed by atoms with E-state index in [9.17, 15) is 17.6 Å². The molecule has 1 atom stereocenters. The molecule has 30 heavy (non-hydrogen) atoms. The van der Waals surface area contributed by atoms with E-state index < -0.39 is 21.9 Å². The van der Waals surface area contributed by atoms with E-state index in [1.165, 1.54) is 49.4 Å². The van der Waals surface area contributed by atoms with Gasteiger partial charge in [-0.3, -0.25) is 9.36 Å². The highest BCUT2D eigenvalue weighted by Gasteiger charge is 2.24. The fraction of sp³-hybridized carbons (Fsp3) is 0.250. The number of nitrogens with zero attached hydrogens (tertiary/aromatic N) is 3. The third-order valence-electron chi connectivity index (χ3n) is 4.35. The molecule has 0 saturated carbocycles. The zero-order valence-corrected chi connectivity index (χ0v) is 17.5. The monoisotopic (exact) mass is 432 g/mol. The molecule has 3 rings (SSSR count). The molecular formula is C20H21FN4O4S. The van der Waals surface area contributed by atoms with Crippen LogP contribution in [0.3, 0.4) is 0 Å².